The van der Waals surface area contributed by atoms with Crippen LogP contribution in [0.3, 0.4) is 0 Å². The lowest BCUT2D eigenvalue weighted by Gasteiger charge is -2.24. The highest BCUT2D eigenvalue weighted by atomic mass is 32.2. The second-order valence-corrected chi connectivity index (χ2v) is 7.47. The number of aromatic nitrogens is 2. The number of carbonyl (C=O) groups is 1. The van der Waals surface area contributed by atoms with Crippen molar-refractivity contribution in [2.75, 3.05) is 28.6 Å². The van der Waals surface area contributed by atoms with Crippen molar-refractivity contribution in [3.8, 4) is 0 Å². The number of anilines is 2. The SMILES string of the molecule is Cn1cnc(C(=O)N2CCCN(S(C)(=O)=O)c3ccccc32)c1. The Morgan fingerprint density at radius 3 is 2.48 bits per heavy atom. The minimum Gasteiger partial charge on any atom is -0.340 e. The van der Waals surface area contributed by atoms with Crippen molar-refractivity contribution in [1.82, 2.24) is 9.55 Å². The normalized spacial score (nSPS) is 15.2. The fourth-order valence-electron chi connectivity index (χ4n) is 2.73. The molecule has 1 aromatic heterocycles. The van der Waals surface area contributed by atoms with Crippen LogP contribution in [0.2, 0.25) is 0 Å². The maximum Gasteiger partial charge on any atom is 0.278 e. The van der Waals surface area contributed by atoms with Gasteiger partial charge in [-0.15, -0.1) is 0 Å². The van der Waals surface area contributed by atoms with E-state index in [2.05, 4.69) is 4.98 Å². The summed E-state index contributed by atoms with van der Waals surface area (Å²) in [5.74, 6) is -0.228. The largest absolute Gasteiger partial charge is 0.340 e. The van der Waals surface area contributed by atoms with E-state index in [4.69, 9.17) is 0 Å². The molecule has 0 fully saturated rings. The molecule has 1 aliphatic heterocycles. The molecule has 7 nitrogen and oxygen atoms in total. The highest BCUT2D eigenvalue weighted by Crippen LogP contribution is 2.34. The van der Waals surface area contributed by atoms with E-state index < -0.39 is 10.0 Å². The van der Waals surface area contributed by atoms with Gasteiger partial charge in [0.15, 0.2) is 0 Å². The van der Waals surface area contributed by atoms with Gasteiger partial charge in [-0.25, -0.2) is 13.4 Å². The lowest BCUT2D eigenvalue weighted by atomic mass is 10.2. The van der Waals surface area contributed by atoms with E-state index >= 15 is 0 Å². The van der Waals surface area contributed by atoms with E-state index in [-0.39, 0.29) is 5.91 Å². The Bertz CT molecular complexity index is 844. The van der Waals surface area contributed by atoms with Crippen LogP contribution in [0.5, 0.6) is 0 Å². The summed E-state index contributed by atoms with van der Waals surface area (Å²) in [6.45, 7) is 0.792. The van der Waals surface area contributed by atoms with Crippen molar-refractivity contribution in [2.45, 2.75) is 6.42 Å². The average Bonchev–Trinajstić information content (AvgIpc) is 2.82. The Hall–Kier alpha value is -2.35. The molecule has 8 heteroatoms. The molecule has 0 aliphatic carbocycles. The molecule has 2 heterocycles. The summed E-state index contributed by atoms with van der Waals surface area (Å²) in [6, 6.07) is 7.05. The Morgan fingerprint density at radius 1 is 1.17 bits per heavy atom. The zero-order valence-corrected chi connectivity index (χ0v) is 13.8. The third-order valence-electron chi connectivity index (χ3n) is 3.75. The Labute approximate surface area is 135 Å². The molecule has 2 aromatic rings. The molecule has 23 heavy (non-hydrogen) atoms. The summed E-state index contributed by atoms with van der Waals surface area (Å²) in [5.41, 5.74) is 1.46. The van der Waals surface area contributed by atoms with Crippen LogP contribution < -0.4 is 9.21 Å². The monoisotopic (exact) mass is 334 g/mol. The summed E-state index contributed by atoms with van der Waals surface area (Å²) in [5, 5.41) is 0. The molecular weight excluding hydrogens is 316 g/mol. The Morgan fingerprint density at radius 2 is 1.87 bits per heavy atom. The van der Waals surface area contributed by atoms with Crippen LogP contribution in [0.4, 0.5) is 11.4 Å². The highest BCUT2D eigenvalue weighted by Gasteiger charge is 2.29. The van der Waals surface area contributed by atoms with Gasteiger partial charge in [0.05, 0.1) is 24.0 Å². The van der Waals surface area contributed by atoms with Crippen LogP contribution in [-0.2, 0) is 17.1 Å². The zero-order chi connectivity index (χ0) is 16.6. The van der Waals surface area contributed by atoms with E-state index in [0.717, 1.165) is 0 Å². The summed E-state index contributed by atoms with van der Waals surface area (Å²) in [4.78, 5) is 18.5. The van der Waals surface area contributed by atoms with Crippen molar-refractivity contribution in [3.63, 3.8) is 0 Å². The second-order valence-electron chi connectivity index (χ2n) is 5.56. The third-order valence-corrected chi connectivity index (χ3v) is 4.93. The van der Waals surface area contributed by atoms with E-state index in [1.165, 1.54) is 10.6 Å². The lowest BCUT2D eigenvalue weighted by molar-refractivity contribution is 0.0983. The molecule has 1 aliphatic rings. The van der Waals surface area contributed by atoms with Gasteiger partial charge in [-0.1, -0.05) is 12.1 Å². The first-order valence-corrected chi connectivity index (χ1v) is 9.09. The van der Waals surface area contributed by atoms with Gasteiger partial charge in [0.25, 0.3) is 5.91 Å². The van der Waals surface area contributed by atoms with Crippen LogP contribution in [-0.4, -0.2) is 43.2 Å². The maximum atomic E-state index is 12.8. The number of sulfonamides is 1. The molecule has 0 bridgehead atoms. The number of benzene rings is 1. The topological polar surface area (TPSA) is 75.5 Å². The number of nitrogens with zero attached hydrogens (tertiary/aromatic N) is 4. The lowest BCUT2D eigenvalue weighted by Crippen LogP contribution is -2.31. The van der Waals surface area contributed by atoms with E-state index in [1.807, 2.05) is 0 Å². The quantitative estimate of drug-likeness (QED) is 0.828. The molecule has 0 spiro atoms. The van der Waals surface area contributed by atoms with Crippen molar-refractivity contribution < 1.29 is 13.2 Å². The van der Waals surface area contributed by atoms with Crippen LogP contribution in [0.1, 0.15) is 16.9 Å². The van der Waals surface area contributed by atoms with Crippen LogP contribution in [0.25, 0.3) is 0 Å². The van der Waals surface area contributed by atoms with E-state index in [9.17, 15) is 13.2 Å². The second kappa shape index (κ2) is 5.69. The number of imidazole rings is 1. The first-order valence-electron chi connectivity index (χ1n) is 7.24. The van der Waals surface area contributed by atoms with Gasteiger partial charge < -0.3 is 9.47 Å². The maximum absolute atomic E-state index is 12.8. The Kier molecular flexibility index (Phi) is 3.85. The van der Waals surface area contributed by atoms with Gasteiger partial charge >= 0.3 is 0 Å². The minimum absolute atomic E-state index is 0.228. The van der Waals surface area contributed by atoms with Crippen LogP contribution in [0.15, 0.2) is 36.8 Å². The number of aryl methyl sites for hydroxylation is 1. The molecule has 0 saturated carbocycles. The molecule has 3 rings (SSSR count). The van der Waals surface area contributed by atoms with E-state index in [1.54, 1.807) is 53.3 Å². The van der Waals surface area contributed by atoms with Gasteiger partial charge in [0.1, 0.15) is 5.69 Å². The first-order chi connectivity index (χ1) is 10.9. The number of hydrogen-bond donors (Lipinski definition) is 0. The van der Waals surface area contributed by atoms with Gasteiger partial charge in [0.2, 0.25) is 10.0 Å². The summed E-state index contributed by atoms with van der Waals surface area (Å²) >= 11 is 0. The number of rotatable bonds is 2. The molecule has 1 aromatic carbocycles. The molecule has 0 unspecified atom stereocenters. The van der Waals surface area contributed by atoms with Crippen molar-refractivity contribution in [2.24, 2.45) is 7.05 Å². The predicted octanol–water partition coefficient (Wildman–Crippen LogP) is 1.24. The molecule has 1 amide bonds. The molecule has 0 N–H and O–H groups in total. The van der Waals surface area contributed by atoms with Crippen molar-refractivity contribution in [3.05, 3.63) is 42.5 Å². The van der Waals surface area contributed by atoms with Crippen molar-refractivity contribution in [1.29, 1.82) is 0 Å². The number of carbonyl (C=O) groups excluding carboxylic acids is 1. The minimum atomic E-state index is -3.40. The molecule has 0 radical (unpaired) electrons. The van der Waals surface area contributed by atoms with Gasteiger partial charge in [-0.3, -0.25) is 9.10 Å². The van der Waals surface area contributed by atoms with Crippen molar-refractivity contribution >= 4 is 27.3 Å². The number of amides is 1. The summed E-state index contributed by atoms with van der Waals surface area (Å²) in [7, 11) is -1.60. The van der Waals surface area contributed by atoms with Gasteiger partial charge in [-0.05, 0) is 18.6 Å². The van der Waals surface area contributed by atoms with E-state index in [0.29, 0.717) is 36.6 Å². The fraction of sp³-hybridized carbons (Fsp3) is 0.333. The molecule has 0 atom stereocenters. The molecule has 122 valence electrons. The highest BCUT2D eigenvalue weighted by molar-refractivity contribution is 7.92. The molecule has 0 saturated heterocycles. The standard InChI is InChI=1S/C15H18N4O3S/c1-17-10-12(16-11-17)15(20)18-8-5-9-19(23(2,21)22)14-7-4-3-6-13(14)18/h3-4,6-7,10-11H,5,8-9H2,1-2H3. The number of hydrogen-bond acceptors (Lipinski definition) is 4. The smallest absolute Gasteiger partial charge is 0.278 e. The summed E-state index contributed by atoms with van der Waals surface area (Å²) in [6.07, 6.45) is 4.96. The summed E-state index contributed by atoms with van der Waals surface area (Å²) < 4.78 is 27.2. The zero-order valence-electron chi connectivity index (χ0n) is 13.0. The third kappa shape index (κ3) is 2.94. The molecular formula is C15H18N4O3S. The first kappa shape index (κ1) is 15.5. The van der Waals surface area contributed by atoms with Crippen LogP contribution >= 0.6 is 0 Å². The van der Waals surface area contributed by atoms with Gasteiger partial charge in [-0.2, -0.15) is 0 Å². The van der Waals surface area contributed by atoms with Crippen LogP contribution in [0, 0.1) is 0 Å². The fourth-order valence-corrected chi connectivity index (χ4v) is 3.71. The average molecular weight is 334 g/mol. The predicted molar refractivity (Wildman–Crippen MR) is 88.1 cm³/mol. The number of fused-ring (bicyclic) bond motifs is 1. The number of para-hydroxylation sites is 2. The Balaban J connectivity index is 2.07. The van der Waals surface area contributed by atoms with Gasteiger partial charge in [0, 0.05) is 26.3 Å².